The van der Waals surface area contributed by atoms with E-state index in [4.69, 9.17) is 9.94 Å². The molecule has 5 aromatic rings. The van der Waals surface area contributed by atoms with E-state index in [9.17, 15) is 0 Å². The van der Waals surface area contributed by atoms with Crippen LogP contribution in [0.1, 0.15) is 11.5 Å². The van der Waals surface area contributed by atoms with Crippen molar-refractivity contribution < 1.29 is 9.94 Å². The Hall–Kier alpha value is -4.58. The van der Waals surface area contributed by atoms with Crippen molar-refractivity contribution in [1.29, 1.82) is 0 Å². The van der Waals surface area contributed by atoms with E-state index in [1.165, 1.54) is 0 Å². The minimum Gasteiger partial charge on any atom is -0.495 e. The van der Waals surface area contributed by atoms with E-state index < -0.39 is 0 Å². The van der Waals surface area contributed by atoms with Gasteiger partial charge >= 0.3 is 0 Å². The van der Waals surface area contributed by atoms with E-state index in [-0.39, 0.29) is 0 Å². The van der Waals surface area contributed by atoms with E-state index >= 15 is 0 Å². The zero-order valence-electron chi connectivity index (χ0n) is 17.9. The Labute approximate surface area is 188 Å². The number of imidazole rings is 1. The van der Waals surface area contributed by atoms with Crippen LogP contribution in [0, 0.1) is 6.92 Å². The number of anilines is 1. The van der Waals surface area contributed by atoms with Gasteiger partial charge in [-0.05, 0) is 47.7 Å². The molecule has 0 spiro atoms. The molecule has 3 heterocycles. The summed E-state index contributed by atoms with van der Waals surface area (Å²) < 4.78 is 10.7. The average molecular weight is 444 g/mol. The van der Waals surface area contributed by atoms with Crippen molar-refractivity contribution in [3.05, 3.63) is 72.7 Å². The standard InChI is InChI=1S/C21H20N10O2/c1-14-10-29(13-22-14)19-7-6-15(8-20(19)33-2)18-11-30(27-23-18)12-21-24-26-28-31(21)17-5-3-4-16(9-17)25-32/h3-11,13,25,32H,12H2,1-2H3. The van der Waals surface area contributed by atoms with E-state index in [1.54, 1.807) is 41.0 Å². The summed E-state index contributed by atoms with van der Waals surface area (Å²) in [7, 11) is 1.63. The molecule has 0 saturated carbocycles. The van der Waals surface area contributed by atoms with Crippen LogP contribution < -0.4 is 10.2 Å². The molecule has 0 bridgehead atoms. The topological polar surface area (TPSA) is 134 Å². The van der Waals surface area contributed by atoms with E-state index in [2.05, 4.69) is 36.3 Å². The molecule has 5 rings (SSSR count). The zero-order chi connectivity index (χ0) is 22.8. The van der Waals surface area contributed by atoms with Gasteiger partial charge in [0, 0.05) is 11.8 Å². The monoisotopic (exact) mass is 444 g/mol. The molecule has 12 nitrogen and oxygen atoms in total. The summed E-state index contributed by atoms with van der Waals surface area (Å²) in [5.74, 6) is 1.26. The Morgan fingerprint density at radius 3 is 2.76 bits per heavy atom. The highest BCUT2D eigenvalue weighted by Crippen LogP contribution is 2.29. The maximum absolute atomic E-state index is 9.15. The van der Waals surface area contributed by atoms with Gasteiger partial charge in [-0.15, -0.1) is 10.2 Å². The number of aryl methyl sites for hydroxylation is 1. The van der Waals surface area contributed by atoms with Gasteiger partial charge in [0.25, 0.3) is 0 Å². The van der Waals surface area contributed by atoms with Gasteiger partial charge in [0.2, 0.25) is 0 Å². The molecule has 0 fully saturated rings. The Balaban J connectivity index is 1.40. The summed E-state index contributed by atoms with van der Waals surface area (Å²) in [6.07, 6.45) is 5.50. The van der Waals surface area contributed by atoms with E-state index in [1.807, 2.05) is 48.1 Å². The molecule has 0 aliphatic carbocycles. The van der Waals surface area contributed by atoms with Crippen molar-refractivity contribution in [2.24, 2.45) is 0 Å². The predicted octanol–water partition coefficient (Wildman–Crippen LogP) is 2.27. The summed E-state index contributed by atoms with van der Waals surface area (Å²) in [6, 6.07) is 12.9. The number of tetrazole rings is 1. The summed E-state index contributed by atoms with van der Waals surface area (Å²) in [5, 5.41) is 29.6. The number of aromatic nitrogens is 9. The second-order valence-electron chi connectivity index (χ2n) is 7.28. The van der Waals surface area contributed by atoms with Gasteiger partial charge in [0.1, 0.15) is 18.0 Å². The Bertz CT molecular complexity index is 1400. The third kappa shape index (κ3) is 4.02. The molecule has 0 radical (unpaired) electrons. The minimum atomic E-state index is 0.306. The van der Waals surface area contributed by atoms with Gasteiger partial charge in [-0.2, -0.15) is 4.68 Å². The number of nitrogens with one attached hydrogen (secondary N) is 1. The van der Waals surface area contributed by atoms with E-state index in [0.29, 0.717) is 35.2 Å². The molecule has 3 aromatic heterocycles. The normalized spacial score (nSPS) is 11.0. The third-order valence-corrected chi connectivity index (χ3v) is 5.06. The smallest absolute Gasteiger partial charge is 0.178 e. The zero-order valence-corrected chi connectivity index (χ0v) is 17.9. The van der Waals surface area contributed by atoms with Crippen molar-refractivity contribution in [2.75, 3.05) is 12.6 Å². The quantitative estimate of drug-likeness (QED) is 0.363. The fraction of sp³-hybridized carbons (Fsp3) is 0.143. The van der Waals surface area contributed by atoms with Gasteiger partial charge in [-0.3, -0.25) is 10.7 Å². The first-order chi connectivity index (χ1) is 16.1. The van der Waals surface area contributed by atoms with Crippen molar-refractivity contribution >= 4 is 5.69 Å². The lowest BCUT2D eigenvalue weighted by atomic mass is 10.1. The van der Waals surface area contributed by atoms with Crippen LogP contribution in [0.25, 0.3) is 22.6 Å². The molecule has 0 aliphatic heterocycles. The number of methoxy groups -OCH3 is 1. The molecule has 2 aromatic carbocycles. The summed E-state index contributed by atoms with van der Waals surface area (Å²) in [4.78, 5) is 4.27. The fourth-order valence-corrected chi connectivity index (χ4v) is 3.47. The van der Waals surface area contributed by atoms with Crippen LogP contribution in [0.3, 0.4) is 0 Å². The lowest BCUT2D eigenvalue weighted by molar-refractivity contribution is 0.389. The molecule has 0 unspecified atom stereocenters. The number of nitrogens with zero attached hydrogens (tertiary/aromatic N) is 9. The van der Waals surface area contributed by atoms with Crippen molar-refractivity contribution in [3.63, 3.8) is 0 Å². The first-order valence-corrected chi connectivity index (χ1v) is 10.0. The fourth-order valence-electron chi connectivity index (χ4n) is 3.47. The summed E-state index contributed by atoms with van der Waals surface area (Å²) in [6.45, 7) is 2.24. The molecule has 0 atom stereocenters. The number of hydrogen-bond acceptors (Lipinski definition) is 9. The first-order valence-electron chi connectivity index (χ1n) is 10.0. The van der Waals surface area contributed by atoms with Crippen molar-refractivity contribution in [3.8, 4) is 28.4 Å². The molecule has 0 aliphatic rings. The van der Waals surface area contributed by atoms with Crippen molar-refractivity contribution in [1.82, 2.24) is 44.8 Å². The Morgan fingerprint density at radius 1 is 1.06 bits per heavy atom. The van der Waals surface area contributed by atoms with Gasteiger partial charge in [-0.25, -0.2) is 9.67 Å². The lowest BCUT2D eigenvalue weighted by Crippen LogP contribution is -2.09. The maximum atomic E-state index is 9.15. The van der Waals surface area contributed by atoms with Crippen LogP contribution in [-0.4, -0.2) is 57.1 Å². The van der Waals surface area contributed by atoms with Gasteiger partial charge < -0.3 is 9.30 Å². The maximum Gasteiger partial charge on any atom is 0.178 e. The molecular formula is C21H20N10O2. The summed E-state index contributed by atoms with van der Waals surface area (Å²) >= 11 is 0. The molecule has 2 N–H and O–H groups in total. The van der Waals surface area contributed by atoms with Crippen LogP contribution in [0.15, 0.2) is 61.2 Å². The van der Waals surface area contributed by atoms with Crippen LogP contribution in [-0.2, 0) is 6.54 Å². The first kappa shape index (κ1) is 20.3. The highest BCUT2D eigenvalue weighted by atomic mass is 16.5. The number of hydrogen-bond donors (Lipinski definition) is 2. The highest BCUT2D eigenvalue weighted by molar-refractivity contribution is 5.64. The van der Waals surface area contributed by atoms with E-state index in [0.717, 1.165) is 16.9 Å². The lowest BCUT2D eigenvalue weighted by Gasteiger charge is -2.10. The predicted molar refractivity (Wildman–Crippen MR) is 118 cm³/mol. The number of rotatable bonds is 7. The number of benzene rings is 2. The van der Waals surface area contributed by atoms with Crippen LogP contribution in [0.2, 0.25) is 0 Å². The largest absolute Gasteiger partial charge is 0.495 e. The molecule has 0 saturated heterocycles. The van der Waals surface area contributed by atoms with Crippen LogP contribution >= 0.6 is 0 Å². The van der Waals surface area contributed by atoms with Crippen LogP contribution in [0.4, 0.5) is 5.69 Å². The number of ether oxygens (including phenoxy) is 1. The highest BCUT2D eigenvalue weighted by Gasteiger charge is 2.14. The Morgan fingerprint density at radius 2 is 1.97 bits per heavy atom. The molecular weight excluding hydrogens is 424 g/mol. The van der Waals surface area contributed by atoms with Crippen LogP contribution in [0.5, 0.6) is 5.75 Å². The second kappa shape index (κ2) is 8.51. The SMILES string of the molecule is COc1cc(-c2cn(Cc3nnnn3-c3cccc(NO)c3)nn2)ccc1-n1cnc(C)c1. The van der Waals surface area contributed by atoms with Gasteiger partial charge in [0.05, 0.1) is 42.4 Å². The summed E-state index contributed by atoms with van der Waals surface area (Å²) in [5.41, 5.74) is 6.70. The Kier molecular flexibility index (Phi) is 5.24. The molecule has 33 heavy (non-hydrogen) atoms. The van der Waals surface area contributed by atoms with Gasteiger partial charge in [0.15, 0.2) is 5.82 Å². The van der Waals surface area contributed by atoms with Crippen molar-refractivity contribution in [2.45, 2.75) is 13.5 Å². The average Bonchev–Trinajstić information content (AvgIpc) is 3.60. The molecule has 0 amide bonds. The minimum absolute atomic E-state index is 0.306. The van der Waals surface area contributed by atoms with Gasteiger partial charge in [-0.1, -0.05) is 17.3 Å². The third-order valence-electron chi connectivity index (χ3n) is 5.06. The molecule has 166 valence electrons. The second-order valence-corrected chi connectivity index (χ2v) is 7.28. The molecule has 12 heteroatoms.